The Morgan fingerprint density at radius 3 is 1.24 bits per heavy atom. The fourth-order valence-electron chi connectivity index (χ4n) is 4.73. The molecule has 0 aliphatic carbocycles. The molecule has 0 saturated heterocycles. The number of esters is 1. The van der Waals surface area contributed by atoms with Gasteiger partial charge in [-0.15, -0.1) is 0 Å². The van der Waals surface area contributed by atoms with Gasteiger partial charge in [0.2, 0.25) is 0 Å². The van der Waals surface area contributed by atoms with E-state index in [-0.39, 0.29) is 5.97 Å². The third kappa shape index (κ3) is 17.1. The van der Waals surface area contributed by atoms with E-state index < -0.39 is 5.96 Å². The summed E-state index contributed by atoms with van der Waals surface area (Å²) in [5.41, 5.74) is 0.482. The zero-order valence-corrected chi connectivity index (χ0v) is 24.6. The topological polar surface area (TPSA) is 26.3 Å². The third-order valence-corrected chi connectivity index (χ3v) is 14.0. The summed E-state index contributed by atoms with van der Waals surface area (Å²) in [5.74, 6) is -2.88. The van der Waals surface area contributed by atoms with Crippen molar-refractivity contribution in [3.63, 3.8) is 0 Å². The van der Waals surface area contributed by atoms with Crippen LogP contribution in [0.2, 0.25) is 0 Å². The molecule has 0 atom stereocenters. The number of carbonyl (C=O) groups excluding carboxylic acids is 1. The zero-order valence-electron chi connectivity index (χ0n) is 22.9. The Morgan fingerprint density at radius 2 is 0.939 bits per heavy atom. The molecule has 0 aliphatic heterocycles. The van der Waals surface area contributed by atoms with Crippen LogP contribution in [0.1, 0.15) is 143 Å². The predicted octanol–water partition coefficient (Wildman–Crippen LogP) is 10.9. The van der Waals surface area contributed by atoms with E-state index in [1.165, 1.54) is 116 Å². The molecule has 0 aliphatic rings. The Bertz CT molecular complexity index is 462. The molecule has 0 heterocycles. The van der Waals surface area contributed by atoms with Gasteiger partial charge in [0.05, 0.1) is 0 Å². The quantitative estimate of drug-likeness (QED) is 0.0565. The molecule has 0 aromatic heterocycles. The number of unbranched alkanes of at least 4 members (excludes halogenated alkanes) is 15. The number of hydrogen-bond acceptors (Lipinski definition) is 2. The molecular weight excluding hydrogens is 447 g/mol. The predicted molar refractivity (Wildman–Crippen MR) is 153 cm³/mol. The molecule has 33 heavy (non-hydrogen) atoms. The van der Waals surface area contributed by atoms with Crippen molar-refractivity contribution in [1.82, 2.24) is 0 Å². The van der Waals surface area contributed by atoms with Crippen LogP contribution in [0, 0.1) is 0 Å². The van der Waals surface area contributed by atoms with Crippen LogP contribution < -0.4 is 0 Å². The fourth-order valence-corrected chi connectivity index (χ4v) is 10.5. The Morgan fingerprint density at radius 1 is 0.636 bits per heavy atom. The first-order valence-electron chi connectivity index (χ1n) is 14.4. The van der Waals surface area contributed by atoms with Gasteiger partial charge in [0, 0.05) is 0 Å². The Balaban J connectivity index is 5.18. The van der Waals surface area contributed by atoms with Gasteiger partial charge < -0.3 is 0 Å². The van der Waals surface area contributed by atoms with E-state index in [9.17, 15) is 4.79 Å². The SMILES string of the molecule is C=C(C)C(=O)OCP(Cl)(CCCCCCCC)(CCCCCCCC)CCCCCCCC. The number of ether oxygens (including phenoxy) is 1. The summed E-state index contributed by atoms with van der Waals surface area (Å²) in [6, 6.07) is 0. The molecule has 0 radical (unpaired) electrons. The van der Waals surface area contributed by atoms with E-state index in [1.807, 2.05) is 0 Å². The molecule has 0 aromatic carbocycles. The summed E-state index contributed by atoms with van der Waals surface area (Å²) < 4.78 is 5.85. The van der Waals surface area contributed by atoms with Crippen molar-refractivity contribution in [2.75, 3.05) is 24.8 Å². The normalized spacial score (nSPS) is 12.9. The zero-order chi connectivity index (χ0) is 24.9. The maximum atomic E-state index is 12.3. The van der Waals surface area contributed by atoms with Crippen molar-refractivity contribution < 1.29 is 9.53 Å². The van der Waals surface area contributed by atoms with Gasteiger partial charge >= 0.3 is 213 Å². The second-order valence-corrected chi connectivity index (χ2v) is 18.7. The van der Waals surface area contributed by atoms with E-state index >= 15 is 0 Å². The average molecular weight is 505 g/mol. The van der Waals surface area contributed by atoms with Gasteiger partial charge in [0.15, 0.2) is 0 Å². The minimum atomic E-state index is -2.62. The molecule has 0 spiro atoms. The molecule has 198 valence electrons. The minimum absolute atomic E-state index is 0.265. The number of halogens is 1. The average Bonchev–Trinajstić information content (AvgIpc) is 2.79. The molecule has 0 unspecified atom stereocenters. The van der Waals surface area contributed by atoms with Crippen LogP contribution in [0.4, 0.5) is 0 Å². The van der Waals surface area contributed by atoms with Crippen molar-refractivity contribution in [3.8, 4) is 0 Å². The van der Waals surface area contributed by atoms with Crippen molar-refractivity contribution in [2.24, 2.45) is 0 Å². The second kappa shape index (κ2) is 20.2. The van der Waals surface area contributed by atoms with Gasteiger partial charge in [-0.3, -0.25) is 0 Å². The molecule has 0 bridgehead atoms. The van der Waals surface area contributed by atoms with Crippen molar-refractivity contribution in [1.29, 1.82) is 0 Å². The van der Waals surface area contributed by atoms with Crippen molar-refractivity contribution in [2.45, 2.75) is 143 Å². The van der Waals surface area contributed by atoms with Crippen LogP contribution in [0.5, 0.6) is 0 Å². The molecule has 0 fully saturated rings. The van der Waals surface area contributed by atoms with Crippen LogP contribution in [0.15, 0.2) is 12.2 Å². The van der Waals surface area contributed by atoms with Crippen LogP contribution in [-0.2, 0) is 9.53 Å². The molecule has 0 aromatic rings. The van der Waals surface area contributed by atoms with Gasteiger partial charge in [0.25, 0.3) is 0 Å². The van der Waals surface area contributed by atoms with E-state index in [4.69, 9.17) is 16.0 Å². The number of rotatable bonds is 24. The first-order chi connectivity index (χ1) is 15.8. The second-order valence-electron chi connectivity index (χ2n) is 10.6. The van der Waals surface area contributed by atoms with Crippen LogP contribution in [0.3, 0.4) is 0 Å². The first kappa shape index (κ1) is 32.9. The molecule has 0 amide bonds. The first-order valence-corrected chi connectivity index (χ1v) is 18.2. The Kier molecular flexibility index (Phi) is 20.1. The standard InChI is InChI=1S/C29H58ClO2P/c1-6-9-12-15-18-21-24-33(30,27-32-29(31)28(4)5,25-22-19-16-13-10-7-2)26-23-20-17-14-11-8-3/h4,6-27H2,1-3,5H3. The van der Waals surface area contributed by atoms with Crippen LogP contribution >= 0.6 is 17.2 Å². The summed E-state index contributed by atoms with van der Waals surface area (Å²) in [4.78, 5) is 12.3. The van der Waals surface area contributed by atoms with E-state index in [0.717, 1.165) is 18.5 Å². The van der Waals surface area contributed by atoms with Gasteiger partial charge in [-0.1, -0.05) is 0 Å². The monoisotopic (exact) mass is 504 g/mol. The van der Waals surface area contributed by atoms with Gasteiger partial charge in [0.1, 0.15) is 0 Å². The van der Waals surface area contributed by atoms with Gasteiger partial charge in [-0.25, -0.2) is 0 Å². The fraction of sp³-hybridized carbons (Fsp3) is 0.897. The van der Waals surface area contributed by atoms with Gasteiger partial charge in [-0.2, -0.15) is 0 Å². The van der Waals surface area contributed by atoms with Crippen LogP contribution in [-0.4, -0.2) is 30.8 Å². The number of hydrogen-bond donors (Lipinski definition) is 0. The molecule has 0 rings (SSSR count). The summed E-state index contributed by atoms with van der Waals surface area (Å²) >= 11 is 7.79. The molecule has 0 N–H and O–H groups in total. The van der Waals surface area contributed by atoms with E-state index in [2.05, 4.69) is 27.4 Å². The summed E-state index contributed by atoms with van der Waals surface area (Å²) in [7, 11) is 0. The van der Waals surface area contributed by atoms with Gasteiger partial charge in [-0.05, 0) is 0 Å². The summed E-state index contributed by atoms with van der Waals surface area (Å²) in [5, 5.41) is 0. The maximum absolute atomic E-state index is 12.3. The Labute approximate surface area is 212 Å². The van der Waals surface area contributed by atoms with E-state index in [1.54, 1.807) is 6.92 Å². The molecular formula is C29H58ClO2P. The molecule has 4 heteroatoms. The van der Waals surface area contributed by atoms with Crippen LogP contribution in [0.25, 0.3) is 0 Å². The number of carbonyl (C=O) groups is 1. The van der Waals surface area contributed by atoms with Crippen molar-refractivity contribution in [3.05, 3.63) is 12.2 Å². The third-order valence-electron chi connectivity index (χ3n) is 7.08. The molecule has 2 nitrogen and oxygen atoms in total. The van der Waals surface area contributed by atoms with E-state index in [0.29, 0.717) is 11.9 Å². The molecule has 0 saturated carbocycles. The van der Waals surface area contributed by atoms with Crippen molar-refractivity contribution >= 4 is 23.2 Å². The summed E-state index contributed by atoms with van der Waals surface area (Å²) in [6.45, 7) is 12.3. The summed E-state index contributed by atoms with van der Waals surface area (Å²) in [6.07, 6.45) is 26.7. The Hall–Kier alpha value is -0.0700.